The van der Waals surface area contributed by atoms with Crippen molar-refractivity contribution in [2.45, 2.75) is 16.7 Å². The molecule has 0 saturated carbocycles. The van der Waals surface area contributed by atoms with Crippen molar-refractivity contribution in [1.82, 2.24) is 15.5 Å². The molecule has 7 heteroatoms. The van der Waals surface area contributed by atoms with Crippen LogP contribution in [0, 0.1) is 0 Å². The first kappa shape index (κ1) is 14.1. The highest BCUT2D eigenvalue weighted by atomic mass is 79.9. The maximum Gasteiger partial charge on any atom is 0.246 e. The van der Waals surface area contributed by atoms with E-state index in [-0.39, 0.29) is 6.04 Å². The van der Waals surface area contributed by atoms with E-state index < -0.39 is 0 Å². The summed E-state index contributed by atoms with van der Waals surface area (Å²) in [5, 5.41) is 7.31. The zero-order valence-electron chi connectivity index (χ0n) is 10.7. The lowest BCUT2D eigenvalue weighted by Gasteiger charge is -2.20. The van der Waals surface area contributed by atoms with E-state index in [1.807, 2.05) is 18.2 Å². The van der Waals surface area contributed by atoms with Gasteiger partial charge in [0.2, 0.25) is 5.89 Å². The normalized spacial score (nSPS) is 19.1. The minimum Gasteiger partial charge on any atom is -0.378 e. The molecule has 1 aromatic heterocycles. The van der Waals surface area contributed by atoms with Crippen LogP contribution in [-0.2, 0) is 10.5 Å². The lowest BCUT2D eigenvalue weighted by molar-refractivity contribution is 0.0659. The summed E-state index contributed by atoms with van der Waals surface area (Å²) < 4.78 is 11.8. The van der Waals surface area contributed by atoms with Crippen LogP contribution in [0.2, 0.25) is 0 Å². The Labute approximate surface area is 129 Å². The van der Waals surface area contributed by atoms with Gasteiger partial charge in [0, 0.05) is 15.9 Å². The second kappa shape index (κ2) is 6.71. The first-order valence-corrected chi connectivity index (χ1v) is 8.12. The zero-order valence-corrected chi connectivity index (χ0v) is 13.1. The number of halogens is 1. The van der Waals surface area contributed by atoms with Crippen molar-refractivity contribution >= 4 is 27.7 Å². The van der Waals surface area contributed by atoms with Gasteiger partial charge in [-0.3, -0.25) is 0 Å². The van der Waals surface area contributed by atoms with Gasteiger partial charge in [0.1, 0.15) is 6.04 Å². The molecular weight excluding hydrogens is 342 g/mol. The summed E-state index contributed by atoms with van der Waals surface area (Å²) >= 11 is 5.20. The third-order valence-electron chi connectivity index (χ3n) is 2.90. The number of benzene rings is 1. The Morgan fingerprint density at radius 1 is 1.40 bits per heavy atom. The summed E-state index contributed by atoms with van der Waals surface area (Å²) in [5.41, 5.74) is 0. The van der Waals surface area contributed by atoms with E-state index >= 15 is 0 Å². The van der Waals surface area contributed by atoms with Crippen molar-refractivity contribution in [3.63, 3.8) is 0 Å². The monoisotopic (exact) mass is 355 g/mol. The summed E-state index contributed by atoms with van der Waals surface area (Å²) in [6, 6.07) is 8.10. The lowest BCUT2D eigenvalue weighted by atomic mass is 10.3. The molecule has 2 aromatic rings. The highest BCUT2D eigenvalue weighted by Gasteiger charge is 2.21. The van der Waals surface area contributed by atoms with E-state index in [0.717, 1.165) is 22.5 Å². The van der Waals surface area contributed by atoms with Crippen LogP contribution in [0.5, 0.6) is 0 Å². The molecule has 1 aliphatic heterocycles. The van der Waals surface area contributed by atoms with Gasteiger partial charge in [0.05, 0.1) is 19.0 Å². The standard InChI is InChI=1S/C13H14BrN3O2S/c14-9-3-1-2-4-11(9)20-8-12-16-13(19-17-12)10-7-18-6-5-15-10/h1-4,10,15H,5-8H2. The summed E-state index contributed by atoms with van der Waals surface area (Å²) in [6.45, 7) is 2.13. The molecule has 0 spiro atoms. The summed E-state index contributed by atoms with van der Waals surface area (Å²) in [4.78, 5) is 5.59. The average molecular weight is 356 g/mol. The predicted octanol–water partition coefficient (Wildman–Crippen LogP) is 2.79. The van der Waals surface area contributed by atoms with Crippen LogP contribution in [0.25, 0.3) is 0 Å². The van der Waals surface area contributed by atoms with Crippen LogP contribution in [0.1, 0.15) is 17.8 Å². The zero-order chi connectivity index (χ0) is 13.8. The molecule has 0 amide bonds. The molecule has 0 radical (unpaired) electrons. The van der Waals surface area contributed by atoms with E-state index in [1.54, 1.807) is 11.8 Å². The van der Waals surface area contributed by atoms with Crippen molar-refractivity contribution in [3.8, 4) is 0 Å². The van der Waals surface area contributed by atoms with Gasteiger partial charge in [0.15, 0.2) is 5.82 Å². The topological polar surface area (TPSA) is 60.2 Å². The number of nitrogens with one attached hydrogen (secondary N) is 1. The fraction of sp³-hybridized carbons (Fsp3) is 0.385. The van der Waals surface area contributed by atoms with Crippen molar-refractivity contribution in [1.29, 1.82) is 0 Å². The molecule has 20 heavy (non-hydrogen) atoms. The fourth-order valence-corrected chi connectivity index (χ4v) is 3.31. The fourth-order valence-electron chi connectivity index (χ4n) is 1.90. The second-order valence-electron chi connectivity index (χ2n) is 4.35. The summed E-state index contributed by atoms with van der Waals surface area (Å²) in [7, 11) is 0. The maximum absolute atomic E-state index is 5.39. The van der Waals surface area contributed by atoms with Crippen LogP contribution in [0.3, 0.4) is 0 Å². The Balaban J connectivity index is 1.61. The molecule has 1 saturated heterocycles. The van der Waals surface area contributed by atoms with Crippen LogP contribution in [0.15, 0.2) is 38.2 Å². The van der Waals surface area contributed by atoms with Crippen LogP contribution in [0.4, 0.5) is 0 Å². The first-order chi connectivity index (χ1) is 9.83. The van der Waals surface area contributed by atoms with Gasteiger partial charge in [-0.2, -0.15) is 4.98 Å². The van der Waals surface area contributed by atoms with Gasteiger partial charge in [-0.15, -0.1) is 11.8 Å². The van der Waals surface area contributed by atoms with Gasteiger partial charge in [-0.05, 0) is 28.1 Å². The Morgan fingerprint density at radius 2 is 2.30 bits per heavy atom. The van der Waals surface area contributed by atoms with Crippen LogP contribution < -0.4 is 5.32 Å². The van der Waals surface area contributed by atoms with Gasteiger partial charge >= 0.3 is 0 Å². The van der Waals surface area contributed by atoms with Crippen molar-refractivity contribution < 1.29 is 9.26 Å². The quantitative estimate of drug-likeness (QED) is 0.851. The number of hydrogen-bond donors (Lipinski definition) is 1. The molecule has 1 fully saturated rings. The Morgan fingerprint density at radius 3 is 3.10 bits per heavy atom. The third-order valence-corrected chi connectivity index (χ3v) is 4.92. The van der Waals surface area contributed by atoms with E-state index in [1.165, 1.54) is 0 Å². The molecule has 5 nitrogen and oxygen atoms in total. The maximum atomic E-state index is 5.39. The van der Waals surface area contributed by atoms with Gasteiger partial charge in [-0.1, -0.05) is 17.3 Å². The van der Waals surface area contributed by atoms with Crippen LogP contribution >= 0.6 is 27.7 Å². The number of morpholine rings is 1. The van der Waals surface area contributed by atoms with Gasteiger partial charge < -0.3 is 14.6 Å². The number of thioether (sulfide) groups is 1. The van der Waals surface area contributed by atoms with E-state index in [9.17, 15) is 0 Å². The van der Waals surface area contributed by atoms with E-state index in [4.69, 9.17) is 9.26 Å². The van der Waals surface area contributed by atoms with Crippen LogP contribution in [-0.4, -0.2) is 29.9 Å². The minimum atomic E-state index is 0.0125. The van der Waals surface area contributed by atoms with E-state index in [0.29, 0.717) is 24.1 Å². The van der Waals surface area contributed by atoms with Crippen molar-refractivity contribution in [3.05, 3.63) is 40.5 Å². The smallest absolute Gasteiger partial charge is 0.246 e. The highest BCUT2D eigenvalue weighted by molar-refractivity contribution is 9.10. The van der Waals surface area contributed by atoms with Crippen molar-refractivity contribution in [2.75, 3.05) is 19.8 Å². The molecule has 1 atom stereocenters. The number of aromatic nitrogens is 2. The number of rotatable bonds is 4. The summed E-state index contributed by atoms with van der Waals surface area (Å²) in [6.07, 6.45) is 0. The third kappa shape index (κ3) is 3.41. The number of nitrogens with zero attached hydrogens (tertiary/aromatic N) is 2. The molecule has 3 rings (SSSR count). The van der Waals surface area contributed by atoms with Gasteiger partial charge in [-0.25, -0.2) is 0 Å². The first-order valence-electron chi connectivity index (χ1n) is 6.34. The molecule has 1 aliphatic rings. The number of hydrogen-bond acceptors (Lipinski definition) is 6. The molecule has 2 heterocycles. The SMILES string of the molecule is Brc1ccccc1SCc1noc(C2COCCN2)n1. The molecule has 106 valence electrons. The Bertz CT molecular complexity index is 572. The molecule has 1 unspecified atom stereocenters. The Hall–Kier alpha value is -0.890. The van der Waals surface area contributed by atoms with Gasteiger partial charge in [0.25, 0.3) is 0 Å². The summed E-state index contributed by atoms with van der Waals surface area (Å²) in [5.74, 6) is 1.99. The Kier molecular flexibility index (Phi) is 4.72. The number of ether oxygens (including phenoxy) is 1. The molecule has 0 bridgehead atoms. The second-order valence-corrected chi connectivity index (χ2v) is 6.22. The minimum absolute atomic E-state index is 0.0125. The molecule has 1 aromatic carbocycles. The average Bonchev–Trinajstić information content (AvgIpc) is 2.96. The lowest BCUT2D eigenvalue weighted by Crippen LogP contribution is -2.34. The molecule has 1 N–H and O–H groups in total. The molecule has 0 aliphatic carbocycles. The van der Waals surface area contributed by atoms with Crippen molar-refractivity contribution in [2.24, 2.45) is 0 Å². The highest BCUT2D eigenvalue weighted by Crippen LogP contribution is 2.29. The molecular formula is C13H14BrN3O2S. The predicted molar refractivity (Wildman–Crippen MR) is 79.6 cm³/mol. The largest absolute Gasteiger partial charge is 0.378 e. The van der Waals surface area contributed by atoms with E-state index in [2.05, 4.69) is 37.5 Å².